The molecule has 0 spiro atoms. The number of halogens is 1. The van der Waals surface area contributed by atoms with Crippen molar-refractivity contribution < 1.29 is 33.5 Å². The molecule has 8 nitrogen and oxygen atoms in total. The van der Waals surface area contributed by atoms with Gasteiger partial charge in [0.25, 0.3) is 0 Å². The molecule has 0 saturated carbocycles. The molecular formula is C32H32ClN5O3. The van der Waals surface area contributed by atoms with Crippen molar-refractivity contribution in [3.8, 4) is 17.6 Å². The highest BCUT2D eigenvalue weighted by Crippen LogP contribution is 2.36. The van der Waals surface area contributed by atoms with Gasteiger partial charge in [0.15, 0.2) is 5.78 Å². The lowest BCUT2D eigenvalue weighted by Gasteiger charge is -2.16. The van der Waals surface area contributed by atoms with Crippen LogP contribution in [0.3, 0.4) is 0 Å². The van der Waals surface area contributed by atoms with Crippen molar-refractivity contribution >= 4 is 39.7 Å². The number of hydrogen-bond donors (Lipinski definition) is 1. The number of fused-ring (bicyclic) bond motifs is 1. The van der Waals surface area contributed by atoms with Crippen LogP contribution in [-0.2, 0) is 17.8 Å². The van der Waals surface area contributed by atoms with Gasteiger partial charge in [-0.3, -0.25) is 14.8 Å². The number of anilines is 2. The quantitative estimate of drug-likeness (QED) is 0.191. The van der Waals surface area contributed by atoms with Crippen LogP contribution in [0.1, 0.15) is 48.6 Å². The maximum Gasteiger partial charge on any atom is 0.159 e. The van der Waals surface area contributed by atoms with E-state index in [0.717, 1.165) is 4.90 Å². The molecule has 0 atom stereocenters. The maximum atomic E-state index is 13.3. The standard InChI is InChI=1S/C32H32ClN5O3/c1-5-40-31-17-29-27(15-22(31)14-26(39)10-7-13-38(3)4)32(23(18-34)19-35-29)37-24-11-12-30(28(33)16-24)41-20-25-9-6-8-21(2)36-25/h6-12,15-17,19H,5,13-14,20H2,1-4H3,(H,35,37)/b10-7+/i3D3,6D,7D,8D,9D,10D,11D,12D,15D,16D,17D,19D. The van der Waals surface area contributed by atoms with Crippen LogP contribution < -0.4 is 14.8 Å². The van der Waals surface area contributed by atoms with Gasteiger partial charge in [-0.2, -0.15) is 5.26 Å². The number of nitrogens with one attached hydrogen (secondary N) is 1. The van der Waals surface area contributed by atoms with Gasteiger partial charge in [-0.15, -0.1) is 0 Å². The van der Waals surface area contributed by atoms with Gasteiger partial charge in [0.2, 0.25) is 0 Å². The molecule has 0 bridgehead atoms. The van der Waals surface area contributed by atoms with Gasteiger partial charge in [0.05, 0.1) is 49.2 Å². The van der Waals surface area contributed by atoms with Gasteiger partial charge in [0, 0.05) is 51.6 Å². The predicted molar refractivity (Wildman–Crippen MR) is 162 cm³/mol. The number of ketones is 1. The first kappa shape index (κ1) is 16.1. The molecule has 0 amide bonds. The molecule has 0 fully saturated rings. The van der Waals surface area contributed by atoms with Gasteiger partial charge in [0.1, 0.15) is 24.2 Å². The molecule has 210 valence electrons. The minimum Gasteiger partial charge on any atom is -0.494 e. The molecule has 41 heavy (non-hydrogen) atoms. The molecule has 0 saturated heterocycles. The minimum atomic E-state index is -2.61. The third kappa shape index (κ3) is 7.82. The van der Waals surface area contributed by atoms with Crippen molar-refractivity contribution in [3.05, 3.63) is 94.2 Å². The number of nitrogens with zero attached hydrogens (tertiary/aromatic N) is 4. The fourth-order valence-corrected chi connectivity index (χ4v) is 3.65. The first-order valence-electron chi connectivity index (χ1n) is 19.1. The third-order valence-corrected chi connectivity index (χ3v) is 5.44. The van der Waals surface area contributed by atoms with Crippen molar-refractivity contribution in [2.24, 2.45) is 0 Å². The summed E-state index contributed by atoms with van der Waals surface area (Å²) in [6, 6.07) is -3.87. The Hall–Kier alpha value is -4.45. The van der Waals surface area contributed by atoms with E-state index < -0.39 is 121 Å². The normalized spacial score (nSPS) is 16.8. The number of pyridine rings is 2. The molecule has 0 unspecified atom stereocenters. The average molecular weight is 584 g/mol. The molecular weight excluding hydrogens is 538 g/mol. The Morgan fingerprint density at radius 2 is 2.12 bits per heavy atom. The van der Waals surface area contributed by atoms with E-state index in [-0.39, 0.29) is 46.3 Å². The summed E-state index contributed by atoms with van der Waals surface area (Å²) >= 11 is 6.47. The Morgan fingerprint density at radius 3 is 2.90 bits per heavy atom. The van der Waals surface area contributed by atoms with E-state index in [0.29, 0.717) is 0 Å². The van der Waals surface area contributed by atoms with E-state index in [2.05, 4.69) is 15.3 Å². The number of likely N-dealkylation sites (N-methyl/N-ethyl adjacent to an activating group) is 1. The number of rotatable bonds is 12. The largest absolute Gasteiger partial charge is 0.494 e. The second-order valence-electron chi connectivity index (χ2n) is 8.38. The monoisotopic (exact) mass is 583 g/mol. The zero-order valence-corrected chi connectivity index (χ0v) is 23.0. The summed E-state index contributed by atoms with van der Waals surface area (Å²) in [5.41, 5.74) is -1.95. The molecule has 0 aliphatic rings. The average Bonchev–Trinajstić information content (AvgIpc) is 3.12. The Labute approximate surface area is 264 Å². The maximum absolute atomic E-state index is 13.3. The zero-order chi connectivity index (χ0) is 41.4. The van der Waals surface area contributed by atoms with Crippen molar-refractivity contribution in [3.63, 3.8) is 0 Å². The molecule has 2 heterocycles. The molecule has 9 heteroatoms. The van der Waals surface area contributed by atoms with E-state index in [1.807, 2.05) is 0 Å². The molecule has 1 N–H and O–H groups in total. The Bertz CT molecular complexity index is 2290. The first-order chi connectivity index (χ1) is 25.6. The number of carbonyl (C=O) groups is 1. The highest BCUT2D eigenvalue weighted by Gasteiger charge is 2.16. The fraction of sp³-hybridized carbons (Fsp3) is 0.250. The van der Waals surface area contributed by atoms with E-state index in [4.69, 9.17) is 40.3 Å². The van der Waals surface area contributed by atoms with Gasteiger partial charge < -0.3 is 19.7 Å². The van der Waals surface area contributed by atoms with Crippen LogP contribution in [0.15, 0.2) is 66.6 Å². The van der Waals surface area contributed by atoms with Crippen molar-refractivity contribution in [1.29, 1.82) is 5.26 Å². The number of allylic oxidation sites excluding steroid dienone is 1. The lowest BCUT2D eigenvalue weighted by Crippen LogP contribution is -2.11. The second kappa shape index (κ2) is 13.8. The van der Waals surface area contributed by atoms with Gasteiger partial charge in [-0.05, 0) is 70.2 Å². The van der Waals surface area contributed by atoms with Crippen LogP contribution in [0.4, 0.5) is 11.4 Å². The predicted octanol–water partition coefficient (Wildman–Crippen LogP) is 6.41. The summed E-state index contributed by atoms with van der Waals surface area (Å²) in [4.78, 5) is 22.2. The summed E-state index contributed by atoms with van der Waals surface area (Å²) in [5, 5.41) is 11.9. The van der Waals surface area contributed by atoms with E-state index in [1.54, 1.807) is 13.0 Å². The van der Waals surface area contributed by atoms with Crippen LogP contribution in [0, 0.1) is 18.3 Å². The smallest absolute Gasteiger partial charge is 0.159 e. The van der Waals surface area contributed by atoms with Crippen molar-refractivity contribution in [2.75, 3.05) is 32.5 Å². The van der Waals surface area contributed by atoms with Crippen LogP contribution in [0.25, 0.3) is 10.9 Å². The topological polar surface area (TPSA) is 100 Å². The first-order valence-corrected chi connectivity index (χ1v) is 12.5. The number of hydrogen-bond acceptors (Lipinski definition) is 8. The van der Waals surface area contributed by atoms with Crippen LogP contribution in [0.2, 0.25) is 5.02 Å². The summed E-state index contributed by atoms with van der Waals surface area (Å²) in [6.07, 6.45) is -1.47. The Morgan fingerprint density at radius 1 is 1.27 bits per heavy atom. The number of aryl methyl sites for hydroxylation is 1. The summed E-state index contributed by atoms with van der Waals surface area (Å²) in [7, 11) is 1.18. The number of benzene rings is 2. The van der Waals surface area contributed by atoms with Crippen LogP contribution in [0.5, 0.6) is 11.5 Å². The molecule has 4 rings (SSSR count). The highest BCUT2D eigenvalue weighted by atomic mass is 35.5. The van der Waals surface area contributed by atoms with E-state index in [9.17, 15) is 10.1 Å². The summed E-state index contributed by atoms with van der Waals surface area (Å²) in [6.45, 7) is -0.745. The Kier molecular flexibility index (Phi) is 5.40. The molecule has 0 aliphatic heterocycles. The summed E-state index contributed by atoms with van der Waals surface area (Å²) < 4.78 is 127. The zero-order valence-electron chi connectivity index (χ0n) is 36.2. The molecule has 4 aromatic rings. The fourth-order valence-electron chi connectivity index (χ4n) is 3.45. The highest BCUT2D eigenvalue weighted by molar-refractivity contribution is 6.32. The van der Waals surface area contributed by atoms with E-state index >= 15 is 0 Å². The number of aromatic nitrogens is 2. The minimum absolute atomic E-state index is 0.0635. The van der Waals surface area contributed by atoms with Crippen LogP contribution in [-0.4, -0.2) is 47.8 Å². The van der Waals surface area contributed by atoms with Crippen molar-refractivity contribution in [2.45, 2.75) is 26.9 Å². The van der Waals surface area contributed by atoms with E-state index in [1.165, 1.54) is 14.0 Å². The third-order valence-electron chi connectivity index (χ3n) is 5.17. The number of nitriles is 1. The van der Waals surface area contributed by atoms with Crippen LogP contribution >= 0.6 is 11.6 Å². The summed E-state index contributed by atoms with van der Waals surface area (Å²) in [5.74, 6) is -1.80. The lowest BCUT2D eigenvalue weighted by atomic mass is 10.0. The van der Waals surface area contributed by atoms with Gasteiger partial charge in [-0.25, -0.2) is 0 Å². The number of carbonyl (C=O) groups excluding carboxylic acids is 1. The van der Waals surface area contributed by atoms with Gasteiger partial charge >= 0.3 is 0 Å². The molecule has 2 aromatic heterocycles. The number of ether oxygens (including phenoxy) is 2. The van der Waals surface area contributed by atoms with Crippen molar-refractivity contribution in [1.82, 2.24) is 14.9 Å². The SMILES string of the molecule is [2H]/C(CN(C)C([2H])([2H])[2H])=C(/[2H])C(=O)Cc1c(OCC)c([2H])c2nc([2H])c(C#N)c(Nc3c([2H])c([2H])c(OCc4nc(C)c([2H])c([2H])c4[2H])c(Cl)c3[2H])c2c1[2H]. The lowest BCUT2D eigenvalue weighted by molar-refractivity contribution is -0.114. The van der Waals surface area contributed by atoms with Gasteiger partial charge in [-0.1, -0.05) is 23.7 Å². The Balaban J connectivity index is 1.89. The molecule has 2 aromatic carbocycles. The molecule has 0 aliphatic carbocycles. The second-order valence-corrected chi connectivity index (χ2v) is 8.76. The molecule has 0 radical (unpaired) electrons.